The maximum Gasteiger partial charge on any atom is 0.145 e. The van der Waals surface area contributed by atoms with E-state index in [4.69, 9.17) is 4.42 Å². The van der Waals surface area contributed by atoms with Gasteiger partial charge in [-0.3, -0.25) is 0 Å². The SMILES string of the molecule is c1ccc(-c2ccc3c(c2)sc2c(N(c4ccc5ccc6ccccc6c5c4)c4ccc(-c5ccccc5)c5oc6ccccc6c45)cccc23)cc1. The van der Waals surface area contributed by atoms with Crippen molar-refractivity contribution in [1.29, 1.82) is 0 Å². The van der Waals surface area contributed by atoms with Crippen LogP contribution < -0.4 is 4.90 Å². The van der Waals surface area contributed by atoms with Crippen molar-refractivity contribution >= 4 is 92.1 Å². The van der Waals surface area contributed by atoms with E-state index in [1.165, 1.54) is 52.8 Å². The summed E-state index contributed by atoms with van der Waals surface area (Å²) in [6.45, 7) is 0. The maximum atomic E-state index is 6.80. The van der Waals surface area contributed by atoms with Gasteiger partial charge in [0.15, 0.2) is 0 Å². The number of thiophene rings is 1. The number of hydrogen-bond acceptors (Lipinski definition) is 3. The first-order valence-corrected chi connectivity index (χ1v) is 18.8. The average Bonchev–Trinajstić information content (AvgIpc) is 3.81. The highest BCUT2D eigenvalue weighted by Gasteiger charge is 2.24. The van der Waals surface area contributed by atoms with Gasteiger partial charge in [-0.25, -0.2) is 0 Å². The molecule has 0 aliphatic rings. The van der Waals surface area contributed by atoms with Crippen LogP contribution in [0, 0.1) is 0 Å². The van der Waals surface area contributed by atoms with E-state index in [1.54, 1.807) is 0 Å². The Morgan fingerprint density at radius 1 is 0.415 bits per heavy atom. The lowest BCUT2D eigenvalue weighted by atomic mass is 9.98. The van der Waals surface area contributed by atoms with Gasteiger partial charge in [0.25, 0.3) is 0 Å². The Hall–Kier alpha value is -6.68. The van der Waals surface area contributed by atoms with E-state index in [0.717, 1.165) is 50.1 Å². The molecule has 2 nitrogen and oxygen atoms in total. The highest BCUT2D eigenvalue weighted by atomic mass is 32.1. The molecule has 11 aromatic rings. The molecule has 0 spiro atoms. The van der Waals surface area contributed by atoms with Gasteiger partial charge in [-0.2, -0.15) is 0 Å². The van der Waals surface area contributed by atoms with Gasteiger partial charge in [0.1, 0.15) is 11.2 Å². The second-order valence-electron chi connectivity index (χ2n) is 13.7. The van der Waals surface area contributed by atoms with Crippen LogP contribution in [0.5, 0.6) is 0 Å². The minimum Gasteiger partial charge on any atom is -0.455 e. The molecule has 0 radical (unpaired) electrons. The molecule has 0 N–H and O–H groups in total. The molecule has 2 heterocycles. The fourth-order valence-corrected chi connectivity index (χ4v) is 9.39. The molecule has 0 aliphatic heterocycles. The van der Waals surface area contributed by atoms with E-state index in [0.29, 0.717) is 0 Å². The van der Waals surface area contributed by atoms with Crippen LogP contribution in [0.4, 0.5) is 17.1 Å². The van der Waals surface area contributed by atoms with Crippen LogP contribution in [0.2, 0.25) is 0 Å². The summed E-state index contributed by atoms with van der Waals surface area (Å²) < 4.78 is 9.32. The molecular formula is C50H31NOS. The van der Waals surface area contributed by atoms with E-state index in [9.17, 15) is 0 Å². The van der Waals surface area contributed by atoms with Crippen LogP contribution in [0.25, 0.3) is 85.9 Å². The van der Waals surface area contributed by atoms with E-state index < -0.39 is 0 Å². The smallest absolute Gasteiger partial charge is 0.145 e. The molecule has 248 valence electrons. The van der Waals surface area contributed by atoms with E-state index in [2.05, 4.69) is 193 Å². The van der Waals surface area contributed by atoms with Crippen molar-refractivity contribution < 1.29 is 4.42 Å². The van der Waals surface area contributed by atoms with Crippen LogP contribution in [-0.2, 0) is 0 Å². The summed E-state index contributed by atoms with van der Waals surface area (Å²) in [6.07, 6.45) is 0. The fraction of sp³-hybridized carbons (Fsp3) is 0. The summed E-state index contributed by atoms with van der Waals surface area (Å²) in [5, 5.41) is 9.67. The summed E-state index contributed by atoms with van der Waals surface area (Å²) >= 11 is 1.87. The van der Waals surface area contributed by atoms with Crippen molar-refractivity contribution in [3.63, 3.8) is 0 Å². The molecule has 0 amide bonds. The van der Waals surface area contributed by atoms with E-state index in [1.807, 2.05) is 11.3 Å². The number of furan rings is 1. The van der Waals surface area contributed by atoms with Crippen LogP contribution >= 0.6 is 11.3 Å². The second kappa shape index (κ2) is 11.9. The van der Waals surface area contributed by atoms with Crippen molar-refractivity contribution in [2.75, 3.05) is 4.90 Å². The summed E-state index contributed by atoms with van der Waals surface area (Å²) in [5.41, 5.74) is 9.77. The second-order valence-corrected chi connectivity index (χ2v) is 14.7. The molecule has 0 saturated heterocycles. The van der Waals surface area contributed by atoms with Crippen molar-refractivity contribution in [2.24, 2.45) is 0 Å². The molecule has 0 fully saturated rings. The molecule has 53 heavy (non-hydrogen) atoms. The Labute approximate surface area is 310 Å². The predicted molar refractivity (Wildman–Crippen MR) is 227 cm³/mol. The minimum atomic E-state index is 0.880. The number of hydrogen-bond donors (Lipinski definition) is 0. The molecule has 3 heteroatoms. The van der Waals surface area contributed by atoms with Gasteiger partial charge < -0.3 is 9.32 Å². The van der Waals surface area contributed by atoms with Crippen molar-refractivity contribution in [2.45, 2.75) is 0 Å². The summed E-state index contributed by atoms with van der Waals surface area (Å²) in [4.78, 5) is 2.47. The minimum absolute atomic E-state index is 0.880. The van der Waals surface area contributed by atoms with Crippen molar-refractivity contribution in [1.82, 2.24) is 0 Å². The third kappa shape index (κ3) is 4.78. The lowest BCUT2D eigenvalue weighted by molar-refractivity contribution is 0.670. The molecule has 0 bridgehead atoms. The highest BCUT2D eigenvalue weighted by Crippen LogP contribution is 2.50. The number of benzene rings is 9. The summed E-state index contributed by atoms with van der Waals surface area (Å²) in [6, 6.07) is 67.9. The Morgan fingerprint density at radius 2 is 1.11 bits per heavy atom. The van der Waals surface area contributed by atoms with Crippen LogP contribution in [-0.4, -0.2) is 0 Å². The van der Waals surface area contributed by atoms with E-state index >= 15 is 0 Å². The van der Waals surface area contributed by atoms with Gasteiger partial charge in [-0.1, -0.05) is 146 Å². The Kier molecular flexibility index (Phi) is 6.76. The maximum absolute atomic E-state index is 6.80. The Bertz CT molecular complexity index is 3180. The van der Waals surface area contributed by atoms with Crippen LogP contribution in [0.15, 0.2) is 192 Å². The molecule has 2 aromatic heterocycles. The number of nitrogens with zero attached hydrogens (tertiary/aromatic N) is 1. The van der Waals surface area contributed by atoms with Crippen LogP contribution in [0.1, 0.15) is 0 Å². The summed E-state index contributed by atoms with van der Waals surface area (Å²) in [5.74, 6) is 0. The van der Waals surface area contributed by atoms with Crippen molar-refractivity contribution in [3.8, 4) is 22.3 Å². The number of rotatable bonds is 5. The zero-order valence-corrected chi connectivity index (χ0v) is 29.5. The van der Waals surface area contributed by atoms with E-state index in [-0.39, 0.29) is 0 Å². The third-order valence-electron chi connectivity index (χ3n) is 10.6. The zero-order valence-electron chi connectivity index (χ0n) is 28.7. The van der Waals surface area contributed by atoms with Gasteiger partial charge in [-0.15, -0.1) is 11.3 Å². The van der Waals surface area contributed by atoms with Crippen LogP contribution in [0.3, 0.4) is 0 Å². The molecule has 0 unspecified atom stereocenters. The number of para-hydroxylation sites is 1. The zero-order chi connectivity index (χ0) is 34.9. The standard InChI is InChI=1S/C50H31NOS/c1-3-12-32(13-4-1)36-25-27-40-41-19-11-20-45(50(41)53-47(40)30-36)51(37-26-24-35-23-22-34-16-7-8-17-38(34)43(35)31-37)44-29-28-39(33-14-5-2-6-15-33)49-48(44)42-18-9-10-21-46(42)52-49/h1-31H. The lowest BCUT2D eigenvalue weighted by Gasteiger charge is -2.27. The fourth-order valence-electron chi connectivity index (χ4n) is 8.15. The normalized spacial score (nSPS) is 11.8. The first-order chi connectivity index (χ1) is 26.3. The van der Waals surface area contributed by atoms with Gasteiger partial charge >= 0.3 is 0 Å². The average molecular weight is 694 g/mol. The molecular weight excluding hydrogens is 663 g/mol. The monoisotopic (exact) mass is 693 g/mol. The molecule has 9 aromatic carbocycles. The topological polar surface area (TPSA) is 16.4 Å². The lowest BCUT2D eigenvalue weighted by Crippen LogP contribution is -2.10. The largest absolute Gasteiger partial charge is 0.455 e. The first kappa shape index (κ1) is 30.0. The molecule has 11 rings (SSSR count). The van der Waals surface area contributed by atoms with Gasteiger partial charge in [0.2, 0.25) is 0 Å². The van der Waals surface area contributed by atoms with Gasteiger partial charge in [-0.05, 0) is 80.7 Å². The highest BCUT2D eigenvalue weighted by molar-refractivity contribution is 7.26. The Balaban J connectivity index is 1.23. The summed E-state index contributed by atoms with van der Waals surface area (Å²) in [7, 11) is 0. The molecule has 0 atom stereocenters. The van der Waals surface area contributed by atoms with Gasteiger partial charge in [0.05, 0.1) is 21.5 Å². The predicted octanol–water partition coefficient (Wildman–Crippen LogP) is 15.1. The third-order valence-corrected chi connectivity index (χ3v) is 11.8. The van der Waals surface area contributed by atoms with Crippen molar-refractivity contribution in [3.05, 3.63) is 188 Å². The molecule has 0 aliphatic carbocycles. The quantitative estimate of drug-likeness (QED) is 0.167. The number of anilines is 3. The Morgan fingerprint density at radius 3 is 1.96 bits per heavy atom. The molecule has 0 saturated carbocycles. The number of fused-ring (bicyclic) bond motifs is 9. The van der Waals surface area contributed by atoms with Gasteiger partial charge in [0, 0.05) is 32.1 Å². The first-order valence-electron chi connectivity index (χ1n) is 18.0.